The average molecular weight is 304 g/mol. The molecule has 3 rings (SSSR count). The highest BCUT2D eigenvalue weighted by atomic mass is 19.1. The lowest BCUT2D eigenvalue weighted by molar-refractivity contribution is 0.0733. The third-order valence-electron chi connectivity index (χ3n) is 4.16. The second kappa shape index (κ2) is 6.93. The summed E-state index contributed by atoms with van der Waals surface area (Å²) in [7, 11) is 0. The van der Waals surface area contributed by atoms with Gasteiger partial charge in [0.05, 0.1) is 25.1 Å². The Morgan fingerprint density at radius 3 is 2.73 bits per heavy atom. The van der Waals surface area contributed by atoms with Crippen LogP contribution in [0.1, 0.15) is 12.5 Å². The van der Waals surface area contributed by atoms with Crippen molar-refractivity contribution in [2.45, 2.75) is 26.1 Å². The maximum atomic E-state index is 13.7. The van der Waals surface area contributed by atoms with Crippen molar-refractivity contribution in [2.75, 3.05) is 26.2 Å². The van der Waals surface area contributed by atoms with E-state index in [4.69, 9.17) is 0 Å². The minimum Gasteiger partial charge on any atom is -0.299 e. The Balaban J connectivity index is 1.50. The minimum absolute atomic E-state index is 0.220. The Morgan fingerprint density at radius 1 is 1.18 bits per heavy atom. The van der Waals surface area contributed by atoms with Gasteiger partial charge in [-0.1, -0.05) is 0 Å². The first kappa shape index (κ1) is 15.1. The van der Waals surface area contributed by atoms with Gasteiger partial charge in [-0.2, -0.15) is 15.0 Å². The topological polar surface area (TPSA) is 50.1 Å². The molecular weight excluding hydrogens is 283 g/mol. The molecule has 0 spiro atoms. The summed E-state index contributed by atoms with van der Waals surface area (Å²) in [5, 5.41) is 8.24. The van der Waals surface area contributed by atoms with Crippen LogP contribution in [0.5, 0.6) is 0 Å². The zero-order chi connectivity index (χ0) is 15.4. The van der Waals surface area contributed by atoms with Crippen LogP contribution in [0.15, 0.2) is 30.9 Å². The number of halogens is 1. The first-order valence-electron chi connectivity index (χ1n) is 7.61. The Hall–Kier alpha value is -1.86. The van der Waals surface area contributed by atoms with E-state index in [0.29, 0.717) is 12.6 Å². The third kappa shape index (κ3) is 3.66. The number of aromatic nitrogens is 4. The lowest BCUT2D eigenvalue weighted by Crippen LogP contribution is -2.52. The molecule has 0 aromatic carbocycles. The molecule has 0 radical (unpaired) electrons. The molecule has 1 fully saturated rings. The van der Waals surface area contributed by atoms with Gasteiger partial charge in [0.15, 0.2) is 0 Å². The van der Waals surface area contributed by atoms with Gasteiger partial charge in [-0.3, -0.25) is 14.8 Å². The Morgan fingerprint density at radius 2 is 2.00 bits per heavy atom. The molecule has 1 aliphatic heterocycles. The summed E-state index contributed by atoms with van der Waals surface area (Å²) < 4.78 is 13.7. The molecule has 7 heteroatoms. The molecule has 0 aliphatic carbocycles. The predicted octanol–water partition coefficient (Wildman–Crippen LogP) is 1.02. The zero-order valence-corrected chi connectivity index (χ0v) is 12.8. The van der Waals surface area contributed by atoms with Crippen LogP contribution < -0.4 is 0 Å². The maximum Gasteiger partial charge on any atom is 0.145 e. The number of rotatable bonds is 5. The molecule has 6 nitrogen and oxygen atoms in total. The molecule has 2 aromatic heterocycles. The molecule has 0 N–H and O–H groups in total. The van der Waals surface area contributed by atoms with E-state index >= 15 is 0 Å². The fraction of sp³-hybridized carbons (Fsp3) is 0.533. The predicted molar refractivity (Wildman–Crippen MR) is 80.5 cm³/mol. The van der Waals surface area contributed by atoms with Gasteiger partial charge >= 0.3 is 0 Å². The highest BCUT2D eigenvalue weighted by Gasteiger charge is 2.24. The molecule has 0 saturated carbocycles. The second-order valence-corrected chi connectivity index (χ2v) is 5.71. The summed E-state index contributed by atoms with van der Waals surface area (Å²) in [4.78, 5) is 10.2. The third-order valence-corrected chi connectivity index (χ3v) is 4.16. The number of piperazine rings is 1. The molecule has 0 bridgehead atoms. The van der Waals surface area contributed by atoms with Crippen LogP contribution in [0.25, 0.3) is 0 Å². The van der Waals surface area contributed by atoms with Crippen LogP contribution in [-0.2, 0) is 13.1 Å². The Bertz CT molecular complexity index is 587. The molecule has 22 heavy (non-hydrogen) atoms. The summed E-state index contributed by atoms with van der Waals surface area (Å²) in [6.07, 6.45) is 6.33. The van der Waals surface area contributed by atoms with Gasteiger partial charge in [-0.25, -0.2) is 4.39 Å². The van der Waals surface area contributed by atoms with Gasteiger partial charge in [0.25, 0.3) is 0 Å². The van der Waals surface area contributed by atoms with Crippen LogP contribution in [0, 0.1) is 5.82 Å². The van der Waals surface area contributed by atoms with E-state index in [-0.39, 0.29) is 5.82 Å². The summed E-state index contributed by atoms with van der Waals surface area (Å²) in [5.74, 6) is -0.220. The van der Waals surface area contributed by atoms with Crippen molar-refractivity contribution in [2.24, 2.45) is 0 Å². The first-order chi connectivity index (χ1) is 10.7. The van der Waals surface area contributed by atoms with E-state index < -0.39 is 0 Å². The zero-order valence-electron chi connectivity index (χ0n) is 12.8. The van der Waals surface area contributed by atoms with Crippen LogP contribution in [0.3, 0.4) is 0 Å². The molecule has 1 unspecified atom stereocenters. The van der Waals surface area contributed by atoms with Gasteiger partial charge < -0.3 is 0 Å². The van der Waals surface area contributed by atoms with E-state index in [2.05, 4.69) is 31.9 Å². The van der Waals surface area contributed by atoms with Crippen LogP contribution in [-0.4, -0.2) is 62.0 Å². The molecular formula is C15H21FN6. The molecule has 0 amide bonds. The van der Waals surface area contributed by atoms with E-state index in [1.54, 1.807) is 29.5 Å². The van der Waals surface area contributed by atoms with Gasteiger partial charge in [0.1, 0.15) is 5.82 Å². The fourth-order valence-electron chi connectivity index (χ4n) is 2.85. The van der Waals surface area contributed by atoms with Gasteiger partial charge in [0.2, 0.25) is 0 Å². The van der Waals surface area contributed by atoms with Crippen molar-refractivity contribution in [1.29, 1.82) is 0 Å². The number of pyridine rings is 1. The van der Waals surface area contributed by atoms with E-state index in [1.807, 2.05) is 0 Å². The highest BCUT2D eigenvalue weighted by Crippen LogP contribution is 2.15. The number of hydrogen-bond donors (Lipinski definition) is 0. The highest BCUT2D eigenvalue weighted by molar-refractivity contribution is 5.12. The van der Waals surface area contributed by atoms with Crippen LogP contribution in [0.4, 0.5) is 4.39 Å². The summed E-state index contributed by atoms with van der Waals surface area (Å²) >= 11 is 0. The molecule has 1 atom stereocenters. The first-order valence-corrected chi connectivity index (χ1v) is 7.61. The maximum absolute atomic E-state index is 13.7. The standard InChI is InChI=1S/C15H21FN6/c1-13-11-20(7-9-22-18-4-5-19-22)6-8-21(13)12-14-2-3-17-10-15(14)16/h2-5,10,13H,6-9,11-12H2,1H3. The van der Waals surface area contributed by atoms with Gasteiger partial charge in [0, 0.05) is 50.5 Å². The van der Waals surface area contributed by atoms with Crippen LogP contribution >= 0.6 is 0 Å². The van der Waals surface area contributed by atoms with Crippen molar-refractivity contribution in [3.63, 3.8) is 0 Å². The second-order valence-electron chi connectivity index (χ2n) is 5.71. The monoisotopic (exact) mass is 304 g/mol. The number of hydrogen-bond acceptors (Lipinski definition) is 5. The molecule has 3 heterocycles. The van der Waals surface area contributed by atoms with Crippen molar-refractivity contribution in [3.05, 3.63) is 42.2 Å². The van der Waals surface area contributed by atoms with Gasteiger partial charge in [-0.15, -0.1) is 0 Å². The van der Waals surface area contributed by atoms with Crippen molar-refractivity contribution in [3.8, 4) is 0 Å². The average Bonchev–Trinajstić information content (AvgIpc) is 3.03. The lowest BCUT2D eigenvalue weighted by atomic mass is 10.1. The lowest BCUT2D eigenvalue weighted by Gasteiger charge is -2.39. The largest absolute Gasteiger partial charge is 0.299 e. The normalized spacial score (nSPS) is 20.4. The molecule has 1 aliphatic rings. The molecule has 1 saturated heterocycles. The summed E-state index contributed by atoms with van der Waals surface area (Å²) in [5.41, 5.74) is 0.719. The van der Waals surface area contributed by atoms with Crippen molar-refractivity contribution >= 4 is 0 Å². The quantitative estimate of drug-likeness (QED) is 0.825. The SMILES string of the molecule is CC1CN(CCn2nccn2)CCN1Cc1ccncc1F. The molecule has 118 valence electrons. The van der Waals surface area contributed by atoms with E-state index in [9.17, 15) is 4.39 Å². The summed E-state index contributed by atoms with van der Waals surface area (Å²) in [6.45, 7) is 7.48. The van der Waals surface area contributed by atoms with Crippen LogP contribution in [0.2, 0.25) is 0 Å². The summed E-state index contributed by atoms with van der Waals surface area (Å²) in [6, 6.07) is 2.16. The van der Waals surface area contributed by atoms with E-state index in [0.717, 1.165) is 38.3 Å². The Labute approximate surface area is 129 Å². The van der Waals surface area contributed by atoms with Gasteiger partial charge in [-0.05, 0) is 13.0 Å². The van der Waals surface area contributed by atoms with Crippen molar-refractivity contribution < 1.29 is 4.39 Å². The fourth-order valence-corrected chi connectivity index (χ4v) is 2.85. The number of nitrogens with zero attached hydrogens (tertiary/aromatic N) is 6. The minimum atomic E-state index is -0.220. The van der Waals surface area contributed by atoms with E-state index in [1.165, 1.54) is 6.20 Å². The smallest absolute Gasteiger partial charge is 0.145 e. The Kier molecular flexibility index (Phi) is 4.74. The molecule has 2 aromatic rings. The van der Waals surface area contributed by atoms with Crippen molar-refractivity contribution in [1.82, 2.24) is 29.8 Å².